The molecule has 3 atom stereocenters. The second kappa shape index (κ2) is 10.1. The first-order valence-corrected chi connectivity index (χ1v) is 11.9. The number of fused-ring (bicyclic) bond motifs is 3. The van der Waals surface area contributed by atoms with Crippen molar-refractivity contribution in [2.75, 3.05) is 19.8 Å². The maximum atomic E-state index is 12.6. The van der Waals surface area contributed by atoms with E-state index >= 15 is 0 Å². The third kappa shape index (κ3) is 5.48. The first-order chi connectivity index (χ1) is 16.6. The van der Waals surface area contributed by atoms with Crippen molar-refractivity contribution in [2.24, 2.45) is 11.3 Å². The second-order valence-electron chi connectivity index (χ2n) is 10.2. The van der Waals surface area contributed by atoms with Crippen molar-refractivity contribution in [3.8, 4) is 11.1 Å². The van der Waals surface area contributed by atoms with Crippen LogP contribution in [0.3, 0.4) is 0 Å². The number of aliphatic carboxylic acids is 1. The summed E-state index contributed by atoms with van der Waals surface area (Å²) < 4.78 is 11.2. The highest BCUT2D eigenvalue weighted by atomic mass is 16.5. The highest BCUT2D eigenvalue weighted by molar-refractivity contribution is 5.85. The van der Waals surface area contributed by atoms with Crippen molar-refractivity contribution in [1.82, 2.24) is 10.6 Å². The Bertz CT molecular complexity index is 1060. The van der Waals surface area contributed by atoms with E-state index in [9.17, 15) is 19.5 Å². The van der Waals surface area contributed by atoms with Gasteiger partial charge in [0.1, 0.15) is 12.6 Å². The Morgan fingerprint density at radius 3 is 2.23 bits per heavy atom. The topological polar surface area (TPSA) is 114 Å². The Hall–Kier alpha value is -3.39. The summed E-state index contributed by atoms with van der Waals surface area (Å²) in [6.45, 7) is 5.90. The van der Waals surface area contributed by atoms with Crippen LogP contribution in [0.2, 0.25) is 0 Å². The number of carbonyl (C=O) groups is 3. The molecule has 4 rings (SSSR count). The van der Waals surface area contributed by atoms with E-state index < -0.39 is 29.4 Å². The molecule has 8 heteroatoms. The first kappa shape index (κ1) is 24.7. The van der Waals surface area contributed by atoms with Gasteiger partial charge in [0.15, 0.2) is 0 Å². The minimum atomic E-state index is -1.07. The van der Waals surface area contributed by atoms with Gasteiger partial charge in [-0.15, -0.1) is 0 Å². The summed E-state index contributed by atoms with van der Waals surface area (Å²) in [5, 5.41) is 14.8. The molecule has 1 saturated heterocycles. The fourth-order valence-electron chi connectivity index (χ4n) is 4.79. The lowest BCUT2D eigenvalue weighted by Crippen LogP contribution is -2.50. The predicted molar refractivity (Wildman–Crippen MR) is 130 cm³/mol. The number of benzene rings is 2. The standard InChI is InChI=1S/C27H32N2O6/c1-27(2,3)23(25(31)32)29-24(30)16-12-17(34-14-16)13-28-26(33)35-15-22-20-10-6-4-8-18(20)19-9-5-7-11-21(19)22/h4-11,16-17,22-23H,12-15H2,1-3H3,(H,28,33)(H,29,30)(H,31,32)/t16-,17-,23?/m0/s1. The van der Waals surface area contributed by atoms with Gasteiger partial charge in [-0.3, -0.25) is 4.79 Å². The minimum absolute atomic E-state index is 0.0195. The third-order valence-electron chi connectivity index (χ3n) is 6.67. The predicted octanol–water partition coefficient (Wildman–Crippen LogP) is 3.55. The molecule has 186 valence electrons. The summed E-state index contributed by atoms with van der Waals surface area (Å²) in [6.07, 6.45) is -0.488. The summed E-state index contributed by atoms with van der Waals surface area (Å²) in [5.74, 6) is -1.91. The molecular formula is C27H32N2O6. The molecule has 0 aromatic heterocycles. The normalized spacial score (nSPS) is 20.0. The average molecular weight is 481 g/mol. The quantitative estimate of drug-likeness (QED) is 0.559. The van der Waals surface area contributed by atoms with Gasteiger partial charge < -0.3 is 25.2 Å². The van der Waals surface area contributed by atoms with Gasteiger partial charge in [-0.05, 0) is 34.1 Å². The summed E-state index contributed by atoms with van der Waals surface area (Å²) >= 11 is 0. The molecule has 2 aromatic carbocycles. The smallest absolute Gasteiger partial charge is 0.407 e. The van der Waals surface area contributed by atoms with E-state index in [1.807, 2.05) is 24.3 Å². The van der Waals surface area contributed by atoms with Crippen LogP contribution in [-0.4, -0.2) is 55.0 Å². The van der Waals surface area contributed by atoms with E-state index in [2.05, 4.69) is 34.9 Å². The van der Waals surface area contributed by atoms with Crippen molar-refractivity contribution >= 4 is 18.0 Å². The van der Waals surface area contributed by atoms with E-state index in [0.717, 1.165) is 22.3 Å². The van der Waals surface area contributed by atoms with Crippen molar-refractivity contribution in [1.29, 1.82) is 0 Å². The van der Waals surface area contributed by atoms with Gasteiger partial charge in [-0.2, -0.15) is 0 Å². The molecule has 1 aliphatic carbocycles. The molecule has 35 heavy (non-hydrogen) atoms. The monoisotopic (exact) mass is 480 g/mol. The molecule has 3 N–H and O–H groups in total. The molecule has 1 heterocycles. The van der Waals surface area contributed by atoms with Crippen LogP contribution in [0.15, 0.2) is 48.5 Å². The zero-order chi connectivity index (χ0) is 25.2. The van der Waals surface area contributed by atoms with Crippen LogP contribution in [0.25, 0.3) is 11.1 Å². The number of carboxylic acids is 1. The van der Waals surface area contributed by atoms with Gasteiger partial charge in [0.05, 0.1) is 18.6 Å². The van der Waals surface area contributed by atoms with Crippen molar-refractivity contribution in [3.63, 3.8) is 0 Å². The van der Waals surface area contributed by atoms with Crippen LogP contribution in [-0.2, 0) is 19.1 Å². The minimum Gasteiger partial charge on any atom is -0.480 e. The van der Waals surface area contributed by atoms with E-state index in [4.69, 9.17) is 9.47 Å². The Morgan fingerprint density at radius 2 is 1.66 bits per heavy atom. The van der Waals surface area contributed by atoms with Crippen LogP contribution < -0.4 is 10.6 Å². The zero-order valence-corrected chi connectivity index (χ0v) is 20.2. The van der Waals surface area contributed by atoms with Crippen LogP contribution >= 0.6 is 0 Å². The largest absolute Gasteiger partial charge is 0.480 e. The Balaban J connectivity index is 1.25. The number of hydrogen-bond acceptors (Lipinski definition) is 5. The van der Waals surface area contributed by atoms with Gasteiger partial charge in [-0.25, -0.2) is 9.59 Å². The fourth-order valence-corrected chi connectivity index (χ4v) is 4.79. The molecule has 0 saturated carbocycles. The van der Waals surface area contributed by atoms with Gasteiger partial charge in [-0.1, -0.05) is 69.3 Å². The molecule has 2 amide bonds. The average Bonchev–Trinajstić information content (AvgIpc) is 3.42. The lowest BCUT2D eigenvalue weighted by atomic mass is 9.86. The van der Waals surface area contributed by atoms with Crippen molar-refractivity contribution < 1.29 is 29.0 Å². The molecule has 0 radical (unpaired) electrons. The number of hydrogen-bond donors (Lipinski definition) is 3. The molecule has 1 fully saturated rings. The van der Waals surface area contributed by atoms with Gasteiger partial charge in [0, 0.05) is 12.5 Å². The molecule has 1 aliphatic heterocycles. The van der Waals surface area contributed by atoms with Crippen LogP contribution in [0.4, 0.5) is 4.79 Å². The highest BCUT2D eigenvalue weighted by Gasteiger charge is 2.37. The van der Waals surface area contributed by atoms with Gasteiger partial charge >= 0.3 is 12.1 Å². The molecule has 0 bridgehead atoms. The van der Waals surface area contributed by atoms with E-state index in [0.29, 0.717) is 6.42 Å². The summed E-state index contributed by atoms with van der Waals surface area (Å²) in [4.78, 5) is 36.5. The van der Waals surface area contributed by atoms with Crippen LogP contribution in [0.1, 0.15) is 44.2 Å². The van der Waals surface area contributed by atoms with Crippen molar-refractivity contribution in [2.45, 2.75) is 45.3 Å². The fraction of sp³-hybridized carbons (Fsp3) is 0.444. The number of rotatable bonds is 7. The zero-order valence-electron chi connectivity index (χ0n) is 20.2. The Labute approximate surface area is 205 Å². The van der Waals surface area contributed by atoms with Crippen LogP contribution in [0.5, 0.6) is 0 Å². The number of alkyl carbamates (subject to hydrolysis) is 1. The van der Waals surface area contributed by atoms with Crippen LogP contribution in [0, 0.1) is 11.3 Å². The lowest BCUT2D eigenvalue weighted by Gasteiger charge is -2.28. The van der Waals surface area contributed by atoms with E-state index in [1.54, 1.807) is 20.8 Å². The molecule has 1 unspecified atom stereocenters. The van der Waals surface area contributed by atoms with E-state index in [-0.39, 0.29) is 37.7 Å². The second-order valence-corrected chi connectivity index (χ2v) is 10.2. The first-order valence-electron chi connectivity index (χ1n) is 11.9. The molecule has 0 spiro atoms. The SMILES string of the molecule is CC(C)(C)C(NC(=O)[C@@H]1CO[C@H](CNC(=O)OCC2c3ccccc3-c3ccccc32)C1)C(=O)O. The summed E-state index contributed by atoms with van der Waals surface area (Å²) in [6, 6.07) is 15.3. The maximum absolute atomic E-state index is 12.6. The number of nitrogens with one attached hydrogen (secondary N) is 2. The summed E-state index contributed by atoms with van der Waals surface area (Å²) in [5.41, 5.74) is 4.00. The van der Waals surface area contributed by atoms with Gasteiger partial charge in [0.2, 0.25) is 5.91 Å². The highest BCUT2D eigenvalue weighted by Crippen LogP contribution is 2.44. The maximum Gasteiger partial charge on any atom is 0.407 e. The third-order valence-corrected chi connectivity index (χ3v) is 6.67. The van der Waals surface area contributed by atoms with E-state index in [1.165, 1.54) is 0 Å². The van der Waals surface area contributed by atoms with Gasteiger partial charge in [0.25, 0.3) is 0 Å². The molecule has 2 aliphatic rings. The number of amides is 2. The molecule has 8 nitrogen and oxygen atoms in total. The number of ether oxygens (including phenoxy) is 2. The number of carboxylic acid groups (broad SMARTS) is 1. The lowest BCUT2D eigenvalue weighted by molar-refractivity contribution is -0.145. The molecule has 2 aromatic rings. The van der Waals surface area contributed by atoms with Crippen molar-refractivity contribution in [3.05, 3.63) is 59.7 Å². The Morgan fingerprint density at radius 1 is 1.06 bits per heavy atom. The Kier molecular flexibility index (Phi) is 7.12. The number of carbonyl (C=O) groups excluding carboxylic acids is 2. The summed E-state index contributed by atoms with van der Waals surface area (Å²) in [7, 11) is 0. The molecular weight excluding hydrogens is 448 g/mol.